The minimum Gasteiger partial charge on any atom is -0.478 e. The quantitative estimate of drug-likeness (QED) is 0.440. The van der Waals surface area contributed by atoms with Crippen LogP contribution < -0.4 is 5.32 Å². The van der Waals surface area contributed by atoms with E-state index in [4.69, 9.17) is 5.11 Å². The molecule has 2 rings (SSSR count). The van der Waals surface area contributed by atoms with Crippen LogP contribution in [0.3, 0.4) is 0 Å². The average molecular weight is 432 g/mol. The molecule has 0 saturated carbocycles. The first-order valence-electron chi connectivity index (χ1n) is 10.6. The van der Waals surface area contributed by atoms with Gasteiger partial charge in [0.2, 0.25) is 5.91 Å². The fourth-order valence-corrected chi connectivity index (χ4v) is 3.73. The number of carboxylic acids is 1. The van der Waals surface area contributed by atoms with Gasteiger partial charge in [-0.05, 0) is 36.5 Å². The van der Waals surface area contributed by atoms with Gasteiger partial charge >= 0.3 is 5.97 Å². The maximum Gasteiger partial charge on any atom is 0.335 e. The Morgan fingerprint density at radius 1 is 1.23 bits per heavy atom. The van der Waals surface area contributed by atoms with Gasteiger partial charge in [0.15, 0.2) is 0 Å². The van der Waals surface area contributed by atoms with Crippen LogP contribution in [-0.2, 0) is 24.3 Å². The third kappa shape index (κ3) is 6.90. The second kappa shape index (κ2) is 11.8. The van der Waals surface area contributed by atoms with Gasteiger partial charge in [0.25, 0.3) is 0 Å². The molecular weight excluding hydrogens is 398 g/mol. The van der Waals surface area contributed by atoms with Crippen LogP contribution in [0.1, 0.15) is 67.5 Å². The van der Waals surface area contributed by atoms with Crippen molar-refractivity contribution in [3.8, 4) is 0 Å². The molecule has 0 radical (unpaired) electrons. The zero-order valence-electron chi connectivity index (χ0n) is 18.1. The average Bonchev–Trinajstić information content (AvgIpc) is 3.10. The summed E-state index contributed by atoms with van der Waals surface area (Å²) in [6, 6.07) is 6.89. The second-order valence-corrected chi connectivity index (χ2v) is 8.45. The van der Waals surface area contributed by atoms with Crippen molar-refractivity contribution in [3.05, 3.63) is 53.1 Å². The van der Waals surface area contributed by atoms with E-state index in [1.54, 1.807) is 12.1 Å². The van der Waals surface area contributed by atoms with E-state index in [2.05, 4.69) is 48.3 Å². The second-order valence-electron chi connectivity index (χ2n) is 8.08. The highest BCUT2D eigenvalue weighted by atomic mass is 32.1. The molecule has 0 aliphatic rings. The van der Waals surface area contributed by atoms with Gasteiger partial charge in [-0.15, -0.1) is 0 Å². The molecule has 30 heavy (non-hydrogen) atoms. The van der Waals surface area contributed by atoms with Crippen LogP contribution in [0.15, 0.2) is 30.5 Å². The fraction of sp³-hybridized carbons (Fsp3) is 0.522. The number of carbonyl (C=O) groups excluding carboxylic acids is 1. The van der Waals surface area contributed by atoms with Crippen molar-refractivity contribution in [1.82, 2.24) is 14.9 Å². The zero-order valence-corrected chi connectivity index (χ0v) is 19.0. The molecular formula is C23H33N3O3S. The lowest BCUT2D eigenvalue weighted by molar-refractivity contribution is -0.124. The number of nitrogens with one attached hydrogen (secondary N) is 1. The van der Waals surface area contributed by atoms with Crippen molar-refractivity contribution in [1.29, 1.82) is 0 Å². The Bertz CT molecular complexity index is 831. The Labute approximate surface area is 184 Å². The summed E-state index contributed by atoms with van der Waals surface area (Å²) in [7, 11) is 0. The number of hydrogen-bond donors (Lipinski definition) is 3. The van der Waals surface area contributed by atoms with Crippen LogP contribution in [0, 0.1) is 11.8 Å². The summed E-state index contributed by atoms with van der Waals surface area (Å²) in [4.78, 5) is 28.3. The first kappa shape index (κ1) is 24.0. The molecule has 1 unspecified atom stereocenters. The summed E-state index contributed by atoms with van der Waals surface area (Å²) in [6.07, 6.45) is 5.62. The smallest absolute Gasteiger partial charge is 0.335 e. The number of amides is 1. The highest BCUT2D eigenvalue weighted by Crippen LogP contribution is 2.16. The first-order chi connectivity index (χ1) is 14.3. The molecule has 1 atom stereocenters. The van der Waals surface area contributed by atoms with Gasteiger partial charge in [-0.2, -0.15) is 12.6 Å². The minimum absolute atomic E-state index is 0.0207. The molecule has 2 N–H and O–H groups in total. The molecule has 0 aliphatic carbocycles. The predicted molar refractivity (Wildman–Crippen MR) is 122 cm³/mol. The summed E-state index contributed by atoms with van der Waals surface area (Å²) in [5, 5.41) is 12.1. The van der Waals surface area contributed by atoms with Crippen LogP contribution in [0.25, 0.3) is 0 Å². The van der Waals surface area contributed by atoms with Gasteiger partial charge in [-0.1, -0.05) is 39.3 Å². The summed E-state index contributed by atoms with van der Waals surface area (Å²) in [5.41, 5.74) is 2.21. The lowest BCUT2D eigenvalue weighted by Gasteiger charge is -2.17. The maximum absolute atomic E-state index is 12.6. The molecule has 7 heteroatoms. The Kier molecular flexibility index (Phi) is 9.43. The summed E-state index contributed by atoms with van der Waals surface area (Å²) < 4.78 is 2.13. The van der Waals surface area contributed by atoms with Crippen molar-refractivity contribution in [2.45, 2.75) is 59.5 Å². The normalized spacial score (nSPS) is 12.2. The number of nitrogens with zero attached hydrogens (tertiary/aromatic N) is 2. The van der Waals surface area contributed by atoms with Gasteiger partial charge in [0.05, 0.1) is 24.0 Å². The van der Waals surface area contributed by atoms with E-state index in [0.29, 0.717) is 24.8 Å². The molecule has 0 saturated heterocycles. The van der Waals surface area contributed by atoms with Gasteiger partial charge in [-0.3, -0.25) is 4.79 Å². The van der Waals surface area contributed by atoms with Crippen LogP contribution in [0.2, 0.25) is 0 Å². The SMILES string of the molecule is CCCCc1ncc(CNC(=O)C(CS)CC(C)C)n1Cc1ccc(C(=O)O)cc1. The third-order valence-electron chi connectivity index (χ3n) is 5.11. The molecule has 6 nitrogen and oxygen atoms in total. The predicted octanol–water partition coefficient (Wildman–Crippen LogP) is 4.18. The Balaban J connectivity index is 2.16. The number of benzene rings is 1. The van der Waals surface area contributed by atoms with Crippen molar-refractivity contribution in [3.63, 3.8) is 0 Å². The summed E-state index contributed by atoms with van der Waals surface area (Å²) >= 11 is 4.34. The van der Waals surface area contributed by atoms with E-state index in [0.717, 1.165) is 42.8 Å². The highest BCUT2D eigenvalue weighted by molar-refractivity contribution is 7.80. The summed E-state index contributed by atoms with van der Waals surface area (Å²) in [5.74, 6) is 0.932. The van der Waals surface area contributed by atoms with E-state index >= 15 is 0 Å². The lowest BCUT2D eigenvalue weighted by atomic mass is 9.98. The van der Waals surface area contributed by atoms with Crippen LogP contribution >= 0.6 is 12.6 Å². The number of carboxylic acid groups (broad SMARTS) is 1. The van der Waals surface area contributed by atoms with E-state index in [-0.39, 0.29) is 17.4 Å². The number of rotatable bonds is 12. The molecule has 0 spiro atoms. The monoisotopic (exact) mass is 431 g/mol. The summed E-state index contributed by atoms with van der Waals surface area (Å²) in [6.45, 7) is 7.36. The Hall–Kier alpha value is -2.28. The van der Waals surface area contributed by atoms with Gasteiger partial charge in [0, 0.05) is 24.6 Å². The first-order valence-corrected chi connectivity index (χ1v) is 11.2. The number of hydrogen-bond acceptors (Lipinski definition) is 4. The minimum atomic E-state index is -0.934. The van der Waals surface area contributed by atoms with Gasteiger partial charge < -0.3 is 15.0 Å². The number of aromatic carboxylic acids is 1. The number of aryl methyl sites for hydroxylation is 1. The molecule has 1 amide bonds. The van der Waals surface area contributed by atoms with Crippen molar-refractivity contribution >= 4 is 24.5 Å². The topological polar surface area (TPSA) is 84.2 Å². The van der Waals surface area contributed by atoms with Crippen molar-refractivity contribution in [2.75, 3.05) is 5.75 Å². The largest absolute Gasteiger partial charge is 0.478 e. The molecule has 0 bridgehead atoms. The molecule has 1 heterocycles. The van der Waals surface area contributed by atoms with E-state index < -0.39 is 5.97 Å². The number of aromatic nitrogens is 2. The van der Waals surface area contributed by atoms with Crippen molar-refractivity contribution < 1.29 is 14.7 Å². The molecule has 164 valence electrons. The third-order valence-corrected chi connectivity index (χ3v) is 5.55. The molecule has 0 aliphatic heterocycles. The Morgan fingerprint density at radius 3 is 2.50 bits per heavy atom. The zero-order chi connectivity index (χ0) is 22.1. The highest BCUT2D eigenvalue weighted by Gasteiger charge is 2.19. The number of unbranched alkanes of at least 4 members (excludes halogenated alkanes) is 1. The molecule has 1 aromatic carbocycles. The number of thiol groups is 1. The van der Waals surface area contributed by atoms with E-state index in [9.17, 15) is 9.59 Å². The maximum atomic E-state index is 12.6. The van der Waals surface area contributed by atoms with Crippen LogP contribution in [0.5, 0.6) is 0 Å². The van der Waals surface area contributed by atoms with Gasteiger partial charge in [-0.25, -0.2) is 9.78 Å². The lowest BCUT2D eigenvalue weighted by Crippen LogP contribution is -2.32. The van der Waals surface area contributed by atoms with Gasteiger partial charge in [0.1, 0.15) is 5.82 Å². The number of imidazole rings is 1. The molecule has 0 fully saturated rings. The fourth-order valence-electron chi connectivity index (χ4n) is 3.41. The standard InChI is InChI=1S/C23H33N3O3S/c1-4-5-6-21-24-12-20(13-25-22(27)19(15-30)11-16(2)3)26(21)14-17-7-9-18(10-8-17)23(28)29/h7-10,12,16,19,30H,4-6,11,13-15H2,1-3H3,(H,25,27)(H,28,29). The van der Waals surface area contributed by atoms with Crippen LogP contribution in [-0.4, -0.2) is 32.3 Å². The van der Waals surface area contributed by atoms with Crippen LogP contribution in [0.4, 0.5) is 0 Å². The number of carbonyl (C=O) groups is 2. The molecule has 2 aromatic rings. The molecule has 1 aromatic heterocycles. The van der Waals surface area contributed by atoms with E-state index in [1.165, 1.54) is 0 Å². The van der Waals surface area contributed by atoms with E-state index in [1.807, 2.05) is 18.3 Å². The van der Waals surface area contributed by atoms with Crippen molar-refractivity contribution in [2.24, 2.45) is 11.8 Å². The Morgan fingerprint density at radius 2 is 1.93 bits per heavy atom.